The van der Waals surface area contributed by atoms with Gasteiger partial charge in [-0.05, 0) is 37.1 Å². The van der Waals surface area contributed by atoms with Crippen LogP contribution in [0.25, 0.3) is 22.4 Å². The molecular weight excluding hydrogens is 450 g/mol. The first-order valence-electron chi connectivity index (χ1n) is 12.2. The van der Waals surface area contributed by atoms with E-state index in [2.05, 4.69) is 20.0 Å². The summed E-state index contributed by atoms with van der Waals surface area (Å²) < 4.78 is 22.4. The second-order valence-electron chi connectivity index (χ2n) is 9.33. The fourth-order valence-corrected chi connectivity index (χ4v) is 5.41. The molecule has 35 heavy (non-hydrogen) atoms. The zero-order valence-corrected chi connectivity index (χ0v) is 19.8. The number of anilines is 1. The first kappa shape index (κ1) is 22.2. The Balaban J connectivity index is 1.15. The summed E-state index contributed by atoms with van der Waals surface area (Å²) in [6.07, 6.45) is 4.56. The van der Waals surface area contributed by atoms with Gasteiger partial charge in [-0.3, -0.25) is 4.79 Å². The molecule has 0 radical (unpaired) electrons. The van der Waals surface area contributed by atoms with Gasteiger partial charge >= 0.3 is 0 Å². The van der Waals surface area contributed by atoms with E-state index in [1.807, 2.05) is 29.2 Å². The summed E-state index contributed by atoms with van der Waals surface area (Å²) in [4.78, 5) is 26.3. The third kappa shape index (κ3) is 4.10. The Bertz CT molecular complexity index is 1190. The lowest BCUT2D eigenvalue weighted by Gasteiger charge is -2.40. The van der Waals surface area contributed by atoms with Crippen LogP contribution in [0.15, 0.2) is 35.1 Å². The van der Waals surface area contributed by atoms with E-state index in [9.17, 15) is 4.79 Å². The molecule has 0 saturated carbocycles. The van der Waals surface area contributed by atoms with Crippen LogP contribution in [-0.2, 0) is 14.3 Å². The summed E-state index contributed by atoms with van der Waals surface area (Å²) in [6, 6.07) is 7.68. The van der Waals surface area contributed by atoms with E-state index < -0.39 is 5.79 Å². The SMILES string of the molecule is COc1ccc(-c2noc3ncnc(N4CCC(C(=O)N5CCC6(CC5)OCCO6)CC4)c23)cc1. The summed E-state index contributed by atoms with van der Waals surface area (Å²) in [5.74, 6) is 1.37. The van der Waals surface area contributed by atoms with Crippen molar-refractivity contribution in [3.8, 4) is 17.0 Å². The number of methoxy groups -OCH3 is 1. The minimum Gasteiger partial charge on any atom is -0.497 e. The monoisotopic (exact) mass is 479 g/mol. The molecular formula is C25H29N5O5. The minimum atomic E-state index is -0.460. The lowest BCUT2D eigenvalue weighted by molar-refractivity contribution is -0.188. The van der Waals surface area contributed by atoms with Crippen LogP contribution in [0.4, 0.5) is 5.82 Å². The van der Waals surface area contributed by atoms with Gasteiger partial charge in [0.15, 0.2) is 5.79 Å². The Kier molecular flexibility index (Phi) is 5.77. The van der Waals surface area contributed by atoms with Gasteiger partial charge < -0.3 is 28.5 Å². The molecule has 0 N–H and O–H groups in total. The molecule has 6 rings (SSSR count). The molecule has 184 valence electrons. The van der Waals surface area contributed by atoms with Gasteiger partial charge in [0, 0.05) is 50.5 Å². The van der Waals surface area contributed by atoms with Crippen molar-refractivity contribution in [2.75, 3.05) is 51.4 Å². The van der Waals surface area contributed by atoms with Crippen LogP contribution in [0.5, 0.6) is 5.75 Å². The molecule has 1 amide bonds. The number of hydrogen-bond acceptors (Lipinski definition) is 9. The lowest BCUT2D eigenvalue weighted by atomic mass is 9.93. The molecule has 3 aliphatic heterocycles. The van der Waals surface area contributed by atoms with E-state index in [-0.39, 0.29) is 11.8 Å². The Hall–Kier alpha value is -3.24. The molecule has 3 saturated heterocycles. The van der Waals surface area contributed by atoms with Gasteiger partial charge in [-0.25, -0.2) is 4.98 Å². The molecule has 10 nitrogen and oxygen atoms in total. The van der Waals surface area contributed by atoms with Crippen molar-refractivity contribution in [3.05, 3.63) is 30.6 Å². The lowest BCUT2D eigenvalue weighted by Crippen LogP contribution is -2.50. The predicted octanol–water partition coefficient (Wildman–Crippen LogP) is 2.88. The van der Waals surface area contributed by atoms with E-state index in [0.717, 1.165) is 61.3 Å². The van der Waals surface area contributed by atoms with Crippen LogP contribution in [-0.4, -0.2) is 78.2 Å². The Morgan fingerprint density at radius 1 is 1.03 bits per heavy atom. The number of aromatic nitrogens is 3. The van der Waals surface area contributed by atoms with Crippen LogP contribution in [0.3, 0.4) is 0 Å². The number of carbonyl (C=O) groups excluding carboxylic acids is 1. The first-order chi connectivity index (χ1) is 17.2. The van der Waals surface area contributed by atoms with Crippen LogP contribution in [0, 0.1) is 5.92 Å². The molecule has 5 heterocycles. The molecule has 1 spiro atoms. The number of fused-ring (bicyclic) bond motifs is 1. The third-order valence-corrected chi connectivity index (χ3v) is 7.41. The van der Waals surface area contributed by atoms with Crippen molar-refractivity contribution in [3.63, 3.8) is 0 Å². The summed E-state index contributed by atoms with van der Waals surface area (Å²) in [5, 5.41) is 5.08. The summed E-state index contributed by atoms with van der Waals surface area (Å²) >= 11 is 0. The Labute approximate surface area is 203 Å². The smallest absolute Gasteiger partial charge is 0.263 e. The second kappa shape index (κ2) is 9.09. The van der Waals surface area contributed by atoms with Gasteiger partial charge in [0.25, 0.3) is 5.71 Å². The maximum Gasteiger partial charge on any atom is 0.263 e. The van der Waals surface area contributed by atoms with Gasteiger partial charge in [0.1, 0.15) is 29.0 Å². The number of amides is 1. The second-order valence-corrected chi connectivity index (χ2v) is 9.33. The van der Waals surface area contributed by atoms with E-state index in [4.69, 9.17) is 18.7 Å². The highest BCUT2D eigenvalue weighted by atomic mass is 16.7. The number of rotatable bonds is 4. The highest BCUT2D eigenvalue weighted by molar-refractivity contribution is 5.98. The number of carbonyl (C=O) groups is 1. The average molecular weight is 480 g/mol. The number of piperidine rings is 2. The fourth-order valence-electron chi connectivity index (χ4n) is 5.41. The predicted molar refractivity (Wildman–Crippen MR) is 127 cm³/mol. The van der Waals surface area contributed by atoms with Crippen molar-refractivity contribution in [2.45, 2.75) is 31.5 Å². The van der Waals surface area contributed by atoms with E-state index in [0.29, 0.717) is 37.7 Å². The van der Waals surface area contributed by atoms with Crippen LogP contribution >= 0.6 is 0 Å². The standard InChI is InChI=1S/C25H29N5O5/c1-32-19-4-2-17(3-5-19)21-20-22(26-16-27-23(20)35-28-21)29-10-6-18(7-11-29)24(31)30-12-8-25(9-13-30)33-14-15-34-25/h2-5,16,18H,6-15H2,1H3. The van der Waals surface area contributed by atoms with Crippen molar-refractivity contribution in [1.82, 2.24) is 20.0 Å². The quantitative estimate of drug-likeness (QED) is 0.559. The Morgan fingerprint density at radius 2 is 1.74 bits per heavy atom. The summed E-state index contributed by atoms with van der Waals surface area (Å²) in [7, 11) is 1.64. The van der Waals surface area contributed by atoms with E-state index >= 15 is 0 Å². The molecule has 3 aromatic rings. The third-order valence-electron chi connectivity index (χ3n) is 7.41. The largest absolute Gasteiger partial charge is 0.497 e. The van der Waals surface area contributed by atoms with E-state index in [1.54, 1.807) is 7.11 Å². The topological polar surface area (TPSA) is 103 Å². The molecule has 0 aliphatic carbocycles. The molecule has 10 heteroatoms. The molecule has 0 unspecified atom stereocenters. The van der Waals surface area contributed by atoms with Crippen molar-refractivity contribution >= 4 is 22.8 Å². The maximum absolute atomic E-state index is 13.2. The van der Waals surface area contributed by atoms with Crippen molar-refractivity contribution in [2.24, 2.45) is 5.92 Å². The number of benzene rings is 1. The molecule has 3 aliphatic rings. The number of nitrogens with zero attached hydrogens (tertiary/aromatic N) is 5. The fraction of sp³-hybridized carbons (Fsp3) is 0.520. The average Bonchev–Trinajstić information content (AvgIpc) is 3.56. The highest BCUT2D eigenvalue weighted by Crippen LogP contribution is 2.36. The van der Waals surface area contributed by atoms with Crippen LogP contribution in [0.2, 0.25) is 0 Å². The normalized spacial score (nSPS) is 20.6. The van der Waals surface area contributed by atoms with E-state index in [1.165, 1.54) is 6.33 Å². The van der Waals surface area contributed by atoms with Gasteiger partial charge in [0.05, 0.1) is 20.3 Å². The van der Waals surface area contributed by atoms with Gasteiger partial charge in [0.2, 0.25) is 5.91 Å². The number of likely N-dealkylation sites (tertiary alicyclic amines) is 1. The first-order valence-corrected chi connectivity index (χ1v) is 12.2. The summed E-state index contributed by atoms with van der Waals surface area (Å²) in [6.45, 7) is 4.15. The maximum atomic E-state index is 13.2. The Morgan fingerprint density at radius 3 is 2.43 bits per heavy atom. The number of hydrogen-bond donors (Lipinski definition) is 0. The minimum absolute atomic E-state index is 0.0200. The zero-order chi connectivity index (χ0) is 23.8. The number of ether oxygens (including phenoxy) is 3. The molecule has 1 aromatic carbocycles. The van der Waals surface area contributed by atoms with Crippen molar-refractivity contribution in [1.29, 1.82) is 0 Å². The molecule has 0 atom stereocenters. The molecule has 2 aromatic heterocycles. The summed E-state index contributed by atoms with van der Waals surface area (Å²) in [5.41, 5.74) is 2.07. The molecule has 3 fully saturated rings. The van der Waals surface area contributed by atoms with Crippen LogP contribution in [0.1, 0.15) is 25.7 Å². The van der Waals surface area contributed by atoms with Gasteiger partial charge in [-0.1, -0.05) is 5.16 Å². The van der Waals surface area contributed by atoms with Crippen LogP contribution < -0.4 is 9.64 Å². The van der Waals surface area contributed by atoms with Gasteiger partial charge in [-0.2, -0.15) is 4.98 Å². The highest BCUT2D eigenvalue weighted by Gasteiger charge is 2.42. The zero-order valence-electron chi connectivity index (χ0n) is 19.8. The van der Waals surface area contributed by atoms with Crippen molar-refractivity contribution < 1.29 is 23.5 Å². The van der Waals surface area contributed by atoms with Gasteiger partial charge in [-0.15, -0.1) is 0 Å². The molecule has 0 bridgehead atoms.